The highest BCUT2D eigenvalue weighted by atomic mass is 35.5. The molecule has 0 aliphatic carbocycles. The maximum atomic E-state index is 10.2. The molecule has 2 N–H and O–H groups in total. The fourth-order valence-corrected chi connectivity index (χ4v) is 1.74. The van der Waals surface area contributed by atoms with E-state index in [1.165, 1.54) is 24.3 Å². The Labute approximate surface area is 142 Å². The highest BCUT2D eigenvalue weighted by molar-refractivity contribution is 6.31. The molecule has 0 amide bonds. The maximum absolute atomic E-state index is 10.2. The van der Waals surface area contributed by atoms with E-state index in [0.29, 0.717) is 10.0 Å². The Kier molecular flexibility index (Phi) is 8.17. The molecule has 9 heteroatoms. The molecule has 0 saturated heterocycles. The standard InChI is InChI=1S/2C7H6ClNO2.H2O/c2*1-5-2-3-6(9(10)11)4-7(5)8;/h2*2-4H,1H3;1H2. The molecule has 0 atom stereocenters. The Morgan fingerprint density at radius 1 is 0.783 bits per heavy atom. The van der Waals surface area contributed by atoms with Gasteiger partial charge in [-0.1, -0.05) is 35.3 Å². The predicted molar refractivity (Wildman–Crippen MR) is 89.3 cm³/mol. The van der Waals surface area contributed by atoms with Crippen molar-refractivity contribution >= 4 is 34.6 Å². The summed E-state index contributed by atoms with van der Waals surface area (Å²) in [4.78, 5) is 19.5. The zero-order valence-electron chi connectivity index (χ0n) is 12.2. The highest BCUT2D eigenvalue weighted by Gasteiger charge is 2.06. The smallest absolute Gasteiger partial charge is 0.270 e. The summed E-state index contributed by atoms with van der Waals surface area (Å²) in [5.41, 5.74) is 1.75. The van der Waals surface area contributed by atoms with Crippen LogP contribution in [0, 0.1) is 34.1 Å². The normalized spacial score (nSPS) is 9.22. The van der Waals surface area contributed by atoms with Gasteiger partial charge in [-0.3, -0.25) is 20.2 Å². The van der Waals surface area contributed by atoms with Gasteiger partial charge >= 0.3 is 0 Å². The lowest BCUT2D eigenvalue weighted by Crippen LogP contribution is -1.87. The fraction of sp³-hybridized carbons (Fsp3) is 0.143. The van der Waals surface area contributed by atoms with Gasteiger partial charge in [-0.15, -0.1) is 0 Å². The van der Waals surface area contributed by atoms with E-state index in [1.807, 2.05) is 0 Å². The summed E-state index contributed by atoms with van der Waals surface area (Å²) < 4.78 is 0. The Morgan fingerprint density at radius 2 is 1.09 bits per heavy atom. The molecule has 0 aliphatic heterocycles. The lowest BCUT2D eigenvalue weighted by atomic mass is 10.2. The van der Waals surface area contributed by atoms with Crippen LogP contribution in [0.1, 0.15) is 11.1 Å². The largest absolute Gasteiger partial charge is 0.412 e. The second-order valence-electron chi connectivity index (χ2n) is 4.38. The molecule has 23 heavy (non-hydrogen) atoms. The minimum absolute atomic E-state index is 0. The number of non-ortho nitro benzene ring substituents is 2. The predicted octanol–water partition coefficient (Wildman–Crippen LogP) is 4.29. The van der Waals surface area contributed by atoms with E-state index in [0.717, 1.165) is 11.1 Å². The number of hydrogen-bond donors (Lipinski definition) is 0. The molecule has 2 aromatic rings. The van der Waals surface area contributed by atoms with Crippen molar-refractivity contribution in [2.24, 2.45) is 0 Å². The van der Waals surface area contributed by atoms with Crippen LogP contribution < -0.4 is 0 Å². The number of halogens is 2. The highest BCUT2D eigenvalue weighted by Crippen LogP contribution is 2.21. The first kappa shape index (κ1) is 20.8. The summed E-state index contributed by atoms with van der Waals surface area (Å²) in [6.07, 6.45) is 0. The van der Waals surface area contributed by atoms with E-state index in [1.54, 1.807) is 26.0 Å². The van der Waals surface area contributed by atoms with Crippen LogP contribution in [0.2, 0.25) is 10.0 Å². The van der Waals surface area contributed by atoms with Gasteiger partial charge in [0, 0.05) is 24.3 Å². The zero-order valence-corrected chi connectivity index (χ0v) is 13.8. The summed E-state index contributed by atoms with van der Waals surface area (Å²) in [5, 5.41) is 21.3. The number of rotatable bonds is 2. The van der Waals surface area contributed by atoms with Crippen LogP contribution in [0.3, 0.4) is 0 Å². The first-order chi connectivity index (χ1) is 10.2. The van der Waals surface area contributed by atoms with Crippen LogP contribution in [0.4, 0.5) is 11.4 Å². The van der Waals surface area contributed by atoms with Crippen molar-refractivity contribution in [1.29, 1.82) is 0 Å². The van der Waals surface area contributed by atoms with Gasteiger partial charge < -0.3 is 5.48 Å². The van der Waals surface area contributed by atoms with Crippen LogP contribution in [0.5, 0.6) is 0 Å². The van der Waals surface area contributed by atoms with Gasteiger partial charge in [0.15, 0.2) is 0 Å². The number of hydrogen-bond acceptors (Lipinski definition) is 4. The monoisotopic (exact) mass is 360 g/mol. The number of nitro groups is 2. The molecule has 0 bridgehead atoms. The molecule has 2 rings (SSSR count). The average Bonchev–Trinajstić information content (AvgIpc) is 2.45. The van der Waals surface area contributed by atoms with E-state index in [2.05, 4.69) is 0 Å². The maximum Gasteiger partial charge on any atom is 0.270 e. The van der Waals surface area contributed by atoms with Crippen molar-refractivity contribution < 1.29 is 15.3 Å². The van der Waals surface area contributed by atoms with Crippen molar-refractivity contribution in [2.75, 3.05) is 0 Å². The minimum Gasteiger partial charge on any atom is -0.412 e. The molecular weight excluding hydrogens is 347 g/mol. The van der Waals surface area contributed by atoms with Crippen LogP contribution in [-0.2, 0) is 0 Å². The molecule has 0 radical (unpaired) electrons. The Bertz CT molecular complexity index is 661. The summed E-state index contributed by atoms with van der Waals surface area (Å²) in [5.74, 6) is 0. The SMILES string of the molecule is Cc1ccc([N+](=O)[O-])cc1Cl.Cc1ccc([N+](=O)[O-])cc1Cl.O. The molecule has 124 valence electrons. The first-order valence-electron chi connectivity index (χ1n) is 6.03. The molecule has 7 nitrogen and oxygen atoms in total. The Balaban J connectivity index is 0.000000403. The molecular formula is C14H14Cl2N2O5. The van der Waals surface area contributed by atoms with Gasteiger partial charge in [-0.2, -0.15) is 0 Å². The van der Waals surface area contributed by atoms with Gasteiger partial charge in [0.05, 0.1) is 19.9 Å². The number of nitro benzene ring substituents is 2. The van der Waals surface area contributed by atoms with Gasteiger partial charge in [0.2, 0.25) is 0 Å². The Hall–Kier alpha value is -2.22. The zero-order chi connectivity index (χ0) is 16.9. The first-order valence-corrected chi connectivity index (χ1v) is 6.79. The minimum atomic E-state index is -0.467. The number of nitrogens with zero attached hydrogens (tertiary/aromatic N) is 2. The van der Waals surface area contributed by atoms with Crippen molar-refractivity contribution in [3.8, 4) is 0 Å². The van der Waals surface area contributed by atoms with Gasteiger partial charge in [-0.05, 0) is 25.0 Å². The third-order valence-corrected chi connectivity index (χ3v) is 3.55. The summed E-state index contributed by atoms with van der Waals surface area (Å²) in [7, 11) is 0. The fourth-order valence-electron chi connectivity index (χ4n) is 1.39. The molecule has 2 aromatic carbocycles. The lowest BCUT2D eigenvalue weighted by molar-refractivity contribution is -0.385. The molecule has 0 spiro atoms. The van der Waals surface area contributed by atoms with E-state index >= 15 is 0 Å². The van der Waals surface area contributed by atoms with Crippen LogP contribution in [-0.4, -0.2) is 15.3 Å². The average molecular weight is 361 g/mol. The lowest BCUT2D eigenvalue weighted by Gasteiger charge is -1.95. The second kappa shape index (κ2) is 9.04. The van der Waals surface area contributed by atoms with Gasteiger partial charge in [0.1, 0.15) is 0 Å². The van der Waals surface area contributed by atoms with Crippen molar-refractivity contribution in [1.82, 2.24) is 0 Å². The summed E-state index contributed by atoms with van der Waals surface area (Å²) >= 11 is 11.3. The topological polar surface area (TPSA) is 118 Å². The van der Waals surface area contributed by atoms with Gasteiger partial charge in [-0.25, -0.2) is 0 Å². The second-order valence-corrected chi connectivity index (χ2v) is 5.20. The van der Waals surface area contributed by atoms with E-state index < -0.39 is 9.85 Å². The summed E-state index contributed by atoms with van der Waals surface area (Å²) in [6, 6.07) is 8.80. The third kappa shape index (κ3) is 6.19. The molecule has 0 fully saturated rings. The van der Waals surface area contributed by atoms with Crippen LogP contribution in [0.25, 0.3) is 0 Å². The Morgan fingerprint density at radius 3 is 1.30 bits per heavy atom. The molecule has 0 heterocycles. The van der Waals surface area contributed by atoms with Crippen molar-refractivity contribution in [3.63, 3.8) is 0 Å². The van der Waals surface area contributed by atoms with E-state index in [-0.39, 0.29) is 16.9 Å². The van der Waals surface area contributed by atoms with E-state index in [9.17, 15) is 20.2 Å². The molecule has 0 unspecified atom stereocenters. The molecule has 0 aromatic heterocycles. The van der Waals surface area contributed by atoms with Gasteiger partial charge in [0.25, 0.3) is 11.4 Å². The van der Waals surface area contributed by atoms with E-state index in [4.69, 9.17) is 23.2 Å². The van der Waals surface area contributed by atoms with Crippen molar-refractivity contribution in [3.05, 3.63) is 77.8 Å². The molecule has 0 aliphatic rings. The quantitative estimate of drug-likeness (QED) is 0.585. The summed E-state index contributed by atoms with van der Waals surface area (Å²) in [6.45, 7) is 3.60. The third-order valence-electron chi connectivity index (χ3n) is 2.73. The number of benzene rings is 2. The van der Waals surface area contributed by atoms with Crippen molar-refractivity contribution in [2.45, 2.75) is 13.8 Å². The van der Waals surface area contributed by atoms with Crippen LogP contribution in [0.15, 0.2) is 36.4 Å². The number of aryl methyl sites for hydroxylation is 2. The molecule has 0 saturated carbocycles. The van der Waals surface area contributed by atoms with Crippen LogP contribution >= 0.6 is 23.2 Å².